The Hall–Kier alpha value is -2.57. The van der Waals surface area contributed by atoms with Crippen molar-refractivity contribution in [1.29, 1.82) is 0 Å². The highest BCUT2D eigenvalue weighted by Crippen LogP contribution is 2.17. The molecule has 0 atom stereocenters. The van der Waals surface area contributed by atoms with Crippen LogP contribution in [0.5, 0.6) is 0 Å². The van der Waals surface area contributed by atoms with Gasteiger partial charge >= 0.3 is 0 Å². The number of halogens is 2. The second-order valence-corrected chi connectivity index (χ2v) is 5.05. The number of amides is 1. The first-order chi connectivity index (χ1) is 10.6. The van der Waals surface area contributed by atoms with Crippen molar-refractivity contribution in [2.45, 2.75) is 12.8 Å². The van der Waals surface area contributed by atoms with Crippen molar-refractivity contribution < 1.29 is 13.6 Å². The minimum absolute atomic E-state index is 0.118. The summed E-state index contributed by atoms with van der Waals surface area (Å²) in [5.41, 5.74) is 0.280. The number of anilines is 2. The molecule has 1 aromatic heterocycles. The van der Waals surface area contributed by atoms with Crippen LogP contribution in [0.2, 0.25) is 0 Å². The Morgan fingerprint density at radius 3 is 2.45 bits per heavy atom. The van der Waals surface area contributed by atoms with E-state index in [-0.39, 0.29) is 11.4 Å². The molecule has 3 rings (SSSR count). The Labute approximate surface area is 126 Å². The fourth-order valence-electron chi connectivity index (χ4n) is 2.33. The Balaban J connectivity index is 1.70. The summed E-state index contributed by atoms with van der Waals surface area (Å²) in [5.74, 6) is -1.77. The highest BCUT2D eigenvalue weighted by molar-refractivity contribution is 6.02. The van der Waals surface area contributed by atoms with Gasteiger partial charge < -0.3 is 10.2 Å². The van der Waals surface area contributed by atoms with Gasteiger partial charge in [-0.3, -0.25) is 4.79 Å². The van der Waals surface area contributed by atoms with Gasteiger partial charge in [0.1, 0.15) is 0 Å². The van der Waals surface area contributed by atoms with E-state index in [9.17, 15) is 13.6 Å². The number of benzene rings is 1. The van der Waals surface area contributed by atoms with Crippen LogP contribution in [0.1, 0.15) is 23.3 Å². The molecule has 0 saturated carbocycles. The summed E-state index contributed by atoms with van der Waals surface area (Å²) in [6, 6.07) is 6.45. The standard InChI is InChI=1S/C15H14F2N4O/c16-11-4-3-10(9-12(11)17)18-15(22)13-5-6-14(20-19-13)21-7-1-2-8-21/h3-6,9H,1-2,7-8H2,(H,18,22). The molecule has 1 aliphatic heterocycles. The monoisotopic (exact) mass is 304 g/mol. The Kier molecular flexibility index (Phi) is 3.95. The molecule has 7 heteroatoms. The molecule has 0 radical (unpaired) electrons. The molecule has 22 heavy (non-hydrogen) atoms. The summed E-state index contributed by atoms with van der Waals surface area (Å²) in [5, 5.41) is 10.4. The first-order valence-electron chi connectivity index (χ1n) is 6.98. The number of rotatable bonds is 3. The van der Waals surface area contributed by atoms with Crippen molar-refractivity contribution in [3.8, 4) is 0 Å². The van der Waals surface area contributed by atoms with E-state index in [0.717, 1.165) is 43.9 Å². The molecular formula is C15H14F2N4O. The number of hydrogen-bond acceptors (Lipinski definition) is 4. The van der Waals surface area contributed by atoms with Crippen molar-refractivity contribution in [2.24, 2.45) is 0 Å². The fourth-order valence-corrected chi connectivity index (χ4v) is 2.33. The lowest BCUT2D eigenvalue weighted by Crippen LogP contribution is -2.21. The number of nitrogens with one attached hydrogen (secondary N) is 1. The Bertz CT molecular complexity index is 684. The maximum Gasteiger partial charge on any atom is 0.276 e. The zero-order valence-corrected chi connectivity index (χ0v) is 11.7. The molecule has 1 aliphatic rings. The smallest absolute Gasteiger partial charge is 0.276 e. The molecule has 1 fully saturated rings. The zero-order chi connectivity index (χ0) is 15.5. The number of nitrogens with zero attached hydrogens (tertiary/aromatic N) is 3. The topological polar surface area (TPSA) is 58.1 Å². The highest BCUT2D eigenvalue weighted by atomic mass is 19.2. The lowest BCUT2D eigenvalue weighted by molar-refractivity contribution is 0.102. The minimum atomic E-state index is -1.02. The normalized spacial score (nSPS) is 14.2. The number of carbonyl (C=O) groups excluding carboxylic acids is 1. The Morgan fingerprint density at radius 1 is 1.05 bits per heavy atom. The van der Waals surface area contributed by atoms with E-state index in [4.69, 9.17) is 0 Å². The lowest BCUT2D eigenvalue weighted by atomic mass is 10.3. The molecule has 0 bridgehead atoms. The van der Waals surface area contributed by atoms with Crippen LogP contribution in [0.15, 0.2) is 30.3 Å². The molecule has 1 amide bonds. The molecule has 0 aliphatic carbocycles. The van der Waals surface area contributed by atoms with E-state index < -0.39 is 17.5 Å². The van der Waals surface area contributed by atoms with Crippen LogP contribution in [-0.2, 0) is 0 Å². The lowest BCUT2D eigenvalue weighted by Gasteiger charge is -2.15. The maximum absolute atomic E-state index is 13.1. The van der Waals surface area contributed by atoms with Crippen molar-refractivity contribution in [1.82, 2.24) is 10.2 Å². The largest absolute Gasteiger partial charge is 0.355 e. The quantitative estimate of drug-likeness (QED) is 0.947. The van der Waals surface area contributed by atoms with Crippen molar-refractivity contribution in [2.75, 3.05) is 23.3 Å². The average Bonchev–Trinajstić information content (AvgIpc) is 3.05. The van der Waals surface area contributed by atoms with Gasteiger partial charge in [0.25, 0.3) is 5.91 Å². The number of aromatic nitrogens is 2. The highest BCUT2D eigenvalue weighted by Gasteiger charge is 2.15. The predicted octanol–water partition coefficient (Wildman–Crippen LogP) is 2.61. The first-order valence-corrected chi connectivity index (χ1v) is 6.98. The van der Waals surface area contributed by atoms with Gasteiger partial charge in [0, 0.05) is 24.8 Å². The van der Waals surface area contributed by atoms with Crippen LogP contribution >= 0.6 is 0 Å². The van der Waals surface area contributed by atoms with Crippen molar-refractivity contribution in [3.63, 3.8) is 0 Å². The minimum Gasteiger partial charge on any atom is -0.355 e. The van der Waals surface area contributed by atoms with Gasteiger partial charge in [-0.1, -0.05) is 0 Å². The summed E-state index contributed by atoms with van der Waals surface area (Å²) in [7, 11) is 0. The van der Waals surface area contributed by atoms with Crippen LogP contribution < -0.4 is 10.2 Å². The number of hydrogen-bond donors (Lipinski definition) is 1. The SMILES string of the molecule is O=C(Nc1ccc(F)c(F)c1)c1ccc(N2CCCC2)nn1. The molecular weight excluding hydrogens is 290 g/mol. The fraction of sp³-hybridized carbons (Fsp3) is 0.267. The van der Waals surface area contributed by atoms with E-state index in [1.54, 1.807) is 12.1 Å². The third-order valence-corrected chi connectivity index (χ3v) is 3.49. The molecule has 2 heterocycles. The van der Waals surface area contributed by atoms with E-state index >= 15 is 0 Å². The molecule has 114 valence electrons. The van der Waals surface area contributed by atoms with Gasteiger partial charge in [-0.15, -0.1) is 10.2 Å². The summed E-state index contributed by atoms with van der Waals surface area (Å²) >= 11 is 0. The van der Waals surface area contributed by atoms with Gasteiger partial charge in [-0.2, -0.15) is 0 Å². The molecule has 0 unspecified atom stereocenters. The van der Waals surface area contributed by atoms with Crippen LogP contribution in [0.25, 0.3) is 0 Å². The third-order valence-electron chi connectivity index (χ3n) is 3.49. The average molecular weight is 304 g/mol. The second kappa shape index (κ2) is 6.05. The molecule has 5 nitrogen and oxygen atoms in total. The molecule has 0 spiro atoms. The predicted molar refractivity (Wildman–Crippen MR) is 77.8 cm³/mol. The molecule has 2 aromatic rings. The van der Waals surface area contributed by atoms with Crippen LogP contribution in [-0.4, -0.2) is 29.2 Å². The summed E-state index contributed by atoms with van der Waals surface area (Å²) < 4.78 is 25.9. The molecule has 1 N–H and O–H groups in total. The molecule has 1 saturated heterocycles. The van der Waals surface area contributed by atoms with Gasteiger partial charge in [0.05, 0.1) is 0 Å². The van der Waals surface area contributed by atoms with Crippen LogP contribution in [0, 0.1) is 11.6 Å². The van der Waals surface area contributed by atoms with E-state index in [1.807, 2.05) is 0 Å². The van der Waals surface area contributed by atoms with E-state index in [2.05, 4.69) is 20.4 Å². The van der Waals surface area contributed by atoms with E-state index in [1.165, 1.54) is 6.07 Å². The van der Waals surface area contributed by atoms with Gasteiger partial charge in [0.15, 0.2) is 23.1 Å². The van der Waals surface area contributed by atoms with Crippen molar-refractivity contribution >= 4 is 17.4 Å². The van der Waals surface area contributed by atoms with Crippen molar-refractivity contribution in [3.05, 3.63) is 47.7 Å². The number of carbonyl (C=O) groups is 1. The van der Waals surface area contributed by atoms with Gasteiger partial charge in [0.2, 0.25) is 0 Å². The first kappa shape index (κ1) is 14.4. The third kappa shape index (κ3) is 3.03. The van der Waals surface area contributed by atoms with Gasteiger partial charge in [-0.05, 0) is 37.1 Å². The zero-order valence-electron chi connectivity index (χ0n) is 11.7. The van der Waals surface area contributed by atoms with Gasteiger partial charge in [-0.25, -0.2) is 8.78 Å². The summed E-state index contributed by atoms with van der Waals surface area (Å²) in [6.07, 6.45) is 2.25. The second-order valence-electron chi connectivity index (χ2n) is 5.05. The summed E-state index contributed by atoms with van der Waals surface area (Å²) in [6.45, 7) is 1.88. The maximum atomic E-state index is 13.1. The van der Waals surface area contributed by atoms with E-state index in [0.29, 0.717) is 0 Å². The van der Waals surface area contributed by atoms with Crippen LogP contribution in [0.3, 0.4) is 0 Å². The van der Waals surface area contributed by atoms with Crippen LogP contribution in [0.4, 0.5) is 20.3 Å². The molecule has 1 aromatic carbocycles. The Morgan fingerprint density at radius 2 is 1.82 bits per heavy atom. The summed E-state index contributed by atoms with van der Waals surface area (Å²) in [4.78, 5) is 14.1.